The molecule has 2 atom stereocenters. The van der Waals surface area contributed by atoms with Crippen LogP contribution in [0.4, 0.5) is 0 Å². The first-order valence-corrected chi connectivity index (χ1v) is 5.42. The molecular formula is C12H19NO4. The van der Waals surface area contributed by atoms with Crippen LogP contribution in [0.3, 0.4) is 0 Å². The van der Waals surface area contributed by atoms with Crippen molar-refractivity contribution in [2.24, 2.45) is 5.92 Å². The molecule has 0 aromatic heterocycles. The van der Waals surface area contributed by atoms with E-state index in [1.54, 1.807) is 0 Å². The van der Waals surface area contributed by atoms with Gasteiger partial charge in [0, 0.05) is 6.42 Å². The van der Waals surface area contributed by atoms with Gasteiger partial charge in [-0.3, -0.25) is 4.79 Å². The van der Waals surface area contributed by atoms with Gasteiger partial charge in [-0.25, -0.2) is 4.79 Å². The van der Waals surface area contributed by atoms with Gasteiger partial charge in [0.2, 0.25) is 5.91 Å². The molecule has 5 heteroatoms. The topological polar surface area (TPSA) is 75.6 Å². The van der Waals surface area contributed by atoms with Gasteiger partial charge in [0.05, 0.1) is 7.11 Å². The zero-order chi connectivity index (χ0) is 13.4. The van der Waals surface area contributed by atoms with Gasteiger partial charge < -0.3 is 15.2 Å². The number of methoxy groups -OCH3 is 1. The zero-order valence-corrected chi connectivity index (χ0v) is 10.4. The van der Waals surface area contributed by atoms with Gasteiger partial charge in [-0.2, -0.15) is 0 Å². The van der Waals surface area contributed by atoms with E-state index in [0.29, 0.717) is 6.42 Å². The van der Waals surface area contributed by atoms with Crippen LogP contribution in [0.1, 0.15) is 26.7 Å². The van der Waals surface area contributed by atoms with Crippen molar-refractivity contribution in [1.29, 1.82) is 0 Å². The number of carbonyl (C=O) groups excluding carboxylic acids is 2. The molecule has 0 spiro atoms. The van der Waals surface area contributed by atoms with E-state index in [-0.39, 0.29) is 12.3 Å². The lowest BCUT2D eigenvalue weighted by molar-refractivity contribution is -0.146. The minimum Gasteiger partial charge on any atom is -0.467 e. The maximum atomic E-state index is 11.5. The van der Waals surface area contributed by atoms with Crippen molar-refractivity contribution in [2.45, 2.75) is 38.8 Å². The van der Waals surface area contributed by atoms with E-state index in [4.69, 9.17) is 6.42 Å². The molecule has 0 bridgehead atoms. The molecule has 0 saturated heterocycles. The molecule has 0 unspecified atom stereocenters. The average molecular weight is 241 g/mol. The summed E-state index contributed by atoms with van der Waals surface area (Å²) in [6.07, 6.45) is 4.31. The Bertz CT molecular complexity index is 306. The van der Waals surface area contributed by atoms with Gasteiger partial charge >= 0.3 is 5.97 Å². The highest BCUT2D eigenvalue weighted by Gasteiger charge is 2.24. The van der Waals surface area contributed by atoms with E-state index < -0.39 is 24.0 Å². The molecule has 5 nitrogen and oxygen atoms in total. The van der Waals surface area contributed by atoms with Crippen molar-refractivity contribution >= 4 is 11.9 Å². The Morgan fingerprint density at radius 1 is 1.47 bits per heavy atom. The van der Waals surface area contributed by atoms with Crippen molar-refractivity contribution in [3.63, 3.8) is 0 Å². The first-order chi connectivity index (χ1) is 7.92. The van der Waals surface area contributed by atoms with Crippen molar-refractivity contribution in [2.75, 3.05) is 7.11 Å². The predicted molar refractivity (Wildman–Crippen MR) is 62.9 cm³/mol. The standard InChI is InChI=1S/C12H19NO4/c1-5-6-9(12(16)17-4)13-11(15)10(14)7-8(2)3/h1,8-10,14H,6-7H2,2-4H3,(H,13,15)/t9-,10-/m0/s1. The lowest BCUT2D eigenvalue weighted by atomic mass is 10.1. The molecule has 0 aliphatic heterocycles. The largest absolute Gasteiger partial charge is 0.467 e. The van der Waals surface area contributed by atoms with Crippen molar-refractivity contribution in [1.82, 2.24) is 5.32 Å². The number of hydrogen-bond donors (Lipinski definition) is 2. The van der Waals surface area contributed by atoms with E-state index >= 15 is 0 Å². The van der Waals surface area contributed by atoms with Gasteiger partial charge in [0.1, 0.15) is 12.1 Å². The highest BCUT2D eigenvalue weighted by molar-refractivity contribution is 5.86. The van der Waals surface area contributed by atoms with Crippen LogP contribution in [0.15, 0.2) is 0 Å². The minimum atomic E-state index is -1.14. The fraction of sp³-hybridized carbons (Fsp3) is 0.667. The number of rotatable bonds is 6. The molecule has 0 fully saturated rings. The van der Waals surface area contributed by atoms with Crippen LogP contribution in [0.2, 0.25) is 0 Å². The molecule has 1 amide bonds. The molecule has 0 aliphatic rings. The summed E-state index contributed by atoms with van der Waals surface area (Å²) < 4.78 is 4.50. The third-order valence-electron chi connectivity index (χ3n) is 2.12. The summed E-state index contributed by atoms with van der Waals surface area (Å²) in [7, 11) is 1.21. The van der Waals surface area contributed by atoms with E-state index in [1.165, 1.54) is 7.11 Å². The summed E-state index contributed by atoms with van der Waals surface area (Å²) >= 11 is 0. The van der Waals surface area contributed by atoms with Crippen molar-refractivity contribution in [3.05, 3.63) is 0 Å². The van der Waals surface area contributed by atoms with Crippen LogP contribution in [0.25, 0.3) is 0 Å². The molecule has 0 aromatic carbocycles. The number of nitrogens with one attached hydrogen (secondary N) is 1. The lowest BCUT2D eigenvalue weighted by Crippen LogP contribution is -2.46. The van der Waals surface area contributed by atoms with Gasteiger partial charge in [0.25, 0.3) is 0 Å². The maximum Gasteiger partial charge on any atom is 0.329 e. The van der Waals surface area contributed by atoms with Gasteiger partial charge in [-0.15, -0.1) is 12.3 Å². The van der Waals surface area contributed by atoms with Crippen LogP contribution >= 0.6 is 0 Å². The van der Waals surface area contributed by atoms with E-state index in [0.717, 1.165) is 0 Å². The fourth-order valence-corrected chi connectivity index (χ4v) is 1.27. The molecule has 0 rings (SSSR count). The molecule has 2 N–H and O–H groups in total. The van der Waals surface area contributed by atoms with Crippen LogP contribution in [0, 0.1) is 18.3 Å². The van der Waals surface area contributed by atoms with E-state index in [2.05, 4.69) is 16.0 Å². The summed E-state index contributed by atoms with van der Waals surface area (Å²) in [5.74, 6) is 1.23. The molecule has 0 heterocycles. The Labute approximate surface area is 102 Å². The fourth-order valence-electron chi connectivity index (χ4n) is 1.27. The molecule has 17 heavy (non-hydrogen) atoms. The molecule has 96 valence electrons. The van der Waals surface area contributed by atoms with Crippen LogP contribution < -0.4 is 5.32 Å². The average Bonchev–Trinajstić information content (AvgIpc) is 2.26. The van der Waals surface area contributed by atoms with Crippen LogP contribution in [0.5, 0.6) is 0 Å². The van der Waals surface area contributed by atoms with Crippen LogP contribution in [-0.2, 0) is 14.3 Å². The second-order valence-corrected chi connectivity index (χ2v) is 4.14. The highest BCUT2D eigenvalue weighted by atomic mass is 16.5. The first kappa shape index (κ1) is 15.5. The number of aliphatic hydroxyl groups excluding tert-OH is 1. The summed E-state index contributed by atoms with van der Waals surface area (Å²) in [5.41, 5.74) is 0. The third-order valence-corrected chi connectivity index (χ3v) is 2.12. The smallest absolute Gasteiger partial charge is 0.329 e. The Kier molecular flexibility index (Phi) is 6.99. The lowest BCUT2D eigenvalue weighted by Gasteiger charge is -2.17. The summed E-state index contributed by atoms with van der Waals surface area (Å²) in [6, 6.07) is -0.903. The number of carbonyl (C=O) groups is 2. The zero-order valence-electron chi connectivity index (χ0n) is 10.4. The van der Waals surface area contributed by atoms with Crippen molar-refractivity contribution in [3.8, 4) is 12.3 Å². The Hall–Kier alpha value is -1.54. The molecule has 0 radical (unpaired) electrons. The number of esters is 1. The van der Waals surface area contributed by atoms with Gasteiger partial charge in [-0.05, 0) is 12.3 Å². The molecule has 0 saturated carbocycles. The second-order valence-electron chi connectivity index (χ2n) is 4.14. The molecule has 0 aromatic rings. The number of aliphatic hydroxyl groups is 1. The maximum absolute atomic E-state index is 11.5. The SMILES string of the molecule is C#CC[C@H](NC(=O)[C@@H](O)CC(C)C)C(=O)OC. The monoisotopic (exact) mass is 241 g/mol. The van der Waals surface area contributed by atoms with Gasteiger partial charge in [0.15, 0.2) is 0 Å². The summed E-state index contributed by atoms with van der Waals surface area (Å²) in [5, 5.41) is 11.9. The minimum absolute atomic E-state index is 0.0345. The third kappa shape index (κ3) is 5.93. The summed E-state index contributed by atoms with van der Waals surface area (Å²) in [6.45, 7) is 3.77. The molecular weight excluding hydrogens is 222 g/mol. The van der Waals surface area contributed by atoms with E-state index in [9.17, 15) is 14.7 Å². The quantitative estimate of drug-likeness (QED) is 0.510. The Morgan fingerprint density at radius 3 is 2.47 bits per heavy atom. The van der Waals surface area contributed by atoms with E-state index in [1.807, 2.05) is 13.8 Å². The number of hydrogen-bond acceptors (Lipinski definition) is 4. The molecule has 0 aliphatic carbocycles. The Balaban J connectivity index is 4.40. The summed E-state index contributed by atoms with van der Waals surface area (Å²) in [4.78, 5) is 22.8. The number of ether oxygens (including phenoxy) is 1. The second kappa shape index (κ2) is 7.69. The normalized spacial score (nSPS) is 13.6. The van der Waals surface area contributed by atoms with Gasteiger partial charge in [-0.1, -0.05) is 13.8 Å². The Morgan fingerprint density at radius 2 is 2.06 bits per heavy atom. The first-order valence-electron chi connectivity index (χ1n) is 5.42. The highest BCUT2D eigenvalue weighted by Crippen LogP contribution is 2.05. The predicted octanol–water partition coefficient (Wildman–Crippen LogP) is 0.0745. The van der Waals surface area contributed by atoms with Crippen LogP contribution in [-0.4, -0.2) is 36.2 Å². The van der Waals surface area contributed by atoms with Crippen molar-refractivity contribution < 1.29 is 19.4 Å². The number of terminal acetylenes is 1. The number of amides is 1.